The number of morpholine rings is 1. The molecular formula is C15H30ClN3O2. The molecule has 0 aromatic carbocycles. The number of carbonyl (C=O) groups excluding carboxylic acids is 1. The molecule has 21 heavy (non-hydrogen) atoms. The third-order valence-corrected chi connectivity index (χ3v) is 4.62. The smallest absolute Gasteiger partial charge is 0.240 e. The first-order valence-electron chi connectivity index (χ1n) is 8.09. The van der Waals surface area contributed by atoms with Gasteiger partial charge in [-0.15, -0.1) is 12.4 Å². The van der Waals surface area contributed by atoms with Gasteiger partial charge in [0.05, 0.1) is 19.3 Å². The lowest BCUT2D eigenvalue weighted by Gasteiger charge is -2.41. The average molecular weight is 320 g/mol. The molecule has 124 valence electrons. The van der Waals surface area contributed by atoms with Crippen LogP contribution < -0.4 is 5.32 Å². The van der Waals surface area contributed by atoms with E-state index in [2.05, 4.69) is 29.0 Å². The Labute approximate surface area is 134 Å². The Hall–Kier alpha value is -0.360. The molecule has 0 aromatic rings. The molecular weight excluding hydrogens is 290 g/mol. The molecule has 1 unspecified atom stereocenters. The van der Waals surface area contributed by atoms with Gasteiger partial charge in [-0.1, -0.05) is 26.7 Å². The SMILES string of the molecule is CCC(CC)C(C(=O)N1CCNCC1)N1CCOCC1.Cl. The van der Waals surface area contributed by atoms with Crippen LogP contribution in [0.5, 0.6) is 0 Å². The number of rotatable bonds is 5. The zero-order valence-corrected chi connectivity index (χ0v) is 14.2. The Morgan fingerprint density at radius 3 is 2.19 bits per heavy atom. The van der Waals surface area contributed by atoms with Gasteiger partial charge in [0.15, 0.2) is 0 Å². The van der Waals surface area contributed by atoms with Crippen LogP contribution >= 0.6 is 12.4 Å². The largest absolute Gasteiger partial charge is 0.379 e. The standard InChI is InChI=1S/C15H29N3O2.ClH/c1-3-13(4-2)14(17-9-11-20-12-10-17)15(19)18-7-5-16-6-8-18;/h13-14,16H,3-12H2,1-2H3;1H. The molecule has 0 spiro atoms. The second-order valence-corrected chi connectivity index (χ2v) is 5.75. The Bertz CT molecular complexity index is 301. The molecule has 1 atom stereocenters. The van der Waals surface area contributed by atoms with Crippen LogP contribution in [0.1, 0.15) is 26.7 Å². The van der Waals surface area contributed by atoms with Gasteiger partial charge in [0.2, 0.25) is 5.91 Å². The summed E-state index contributed by atoms with van der Waals surface area (Å²) in [5, 5.41) is 3.32. The fraction of sp³-hybridized carbons (Fsp3) is 0.933. The summed E-state index contributed by atoms with van der Waals surface area (Å²) < 4.78 is 5.45. The summed E-state index contributed by atoms with van der Waals surface area (Å²) in [5.41, 5.74) is 0. The molecule has 2 heterocycles. The lowest BCUT2D eigenvalue weighted by atomic mass is 9.91. The molecule has 0 saturated carbocycles. The summed E-state index contributed by atoms with van der Waals surface area (Å²) in [7, 11) is 0. The summed E-state index contributed by atoms with van der Waals surface area (Å²) in [6.07, 6.45) is 2.13. The van der Waals surface area contributed by atoms with Crippen molar-refractivity contribution in [2.24, 2.45) is 5.92 Å². The topological polar surface area (TPSA) is 44.8 Å². The number of amides is 1. The molecule has 2 aliphatic heterocycles. The highest BCUT2D eigenvalue weighted by Crippen LogP contribution is 2.22. The monoisotopic (exact) mass is 319 g/mol. The minimum atomic E-state index is 0. The molecule has 2 rings (SSSR count). The first-order chi connectivity index (χ1) is 9.77. The molecule has 2 saturated heterocycles. The molecule has 0 radical (unpaired) electrons. The van der Waals surface area contributed by atoms with Gasteiger partial charge < -0.3 is 15.0 Å². The fourth-order valence-corrected chi connectivity index (χ4v) is 3.32. The van der Waals surface area contributed by atoms with E-state index in [1.807, 2.05) is 0 Å². The molecule has 5 nitrogen and oxygen atoms in total. The molecule has 6 heteroatoms. The predicted molar refractivity (Wildman–Crippen MR) is 86.9 cm³/mol. The van der Waals surface area contributed by atoms with Crippen molar-refractivity contribution < 1.29 is 9.53 Å². The summed E-state index contributed by atoms with van der Waals surface area (Å²) in [4.78, 5) is 17.4. The number of ether oxygens (including phenoxy) is 1. The van der Waals surface area contributed by atoms with E-state index in [4.69, 9.17) is 4.74 Å². The maximum absolute atomic E-state index is 13.0. The fourth-order valence-electron chi connectivity index (χ4n) is 3.32. The normalized spacial score (nSPS) is 22.0. The molecule has 1 N–H and O–H groups in total. The number of piperazine rings is 1. The number of hydrogen-bond donors (Lipinski definition) is 1. The van der Waals surface area contributed by atoms with Crippen LogP contribution in [-0.2, 0) is 9.53 Å². The zero-order chi connectivity index (χ0) is 14.4. The first-order valence-corrected chi connectivity index (χ1v) is 8.09. The molecule has 2 aliphatic rings. The highest BCUT2D eigenvalue weighted by atomic mass is 35.5. The van der Waals surface area contributed by atoms with Crippen LogP contribution in [0.4, 0.5) is 0 Å². The first kappa shape index (κ1) is 18.7. The summed E-state index contributed by atoms with van der Waals surface area (Å²) in [6, 6.07) is 0.0481. The second kappa shape index (κ2) is 9.62. The van der Waals surface area contributed by atoms with Crippen LogP contribution in [0.2, 0.25) is 0 Å². The molecule has 0 aliphatic carbocycles. The quantitative estimate of drug-likeness (QED) is 0.820. The van der Waals surface area contributed by atoms with E-state index in [1.165, 1.54) is 0 Å². The van der Waals surface area contributed by atoms with Crippen LogP contribution in [0.25, 0.3) is 0 Å². The Balaban J connectivity index is 0.00000220. The van der Waals surface area contributed by atoms with Crippen LogP contribution in [0.3, 0.4) is 0 Å². The highest BCUT2D eigenvalue weighted by molar-refractivity contribution is 5.85. The van der Waals surface area contributed by atoms with Gasteiger partial charge in [0.25, 0.3) is 0 Å². The van der Waals surface area contributed by atoms with Gasteiger partial charge in [-0.2, -0.15) is 0 Å². The lowest BCUT2D eigenvalue weighted by molar-refractivity contribution is -0.142. The van der Waals surface area contributed by atoms with Gasteiger partial charge >= 0.3 is 0 Å². The van der Waals surface area contributed by atoms with E-state index in [0.29, 0.717) is 11.8 Å². The van der Waals surface area contributed by atoms with Crippen molar-refractivity contribution >= 4 is 18.3 Å². The summed E-state index contributed by atoms with van der Waals surface area (Å²) >= 11 is 0. The highest BCUT2D eigenvalue weighted by Gasteiger charge is 2.35. The number of carbonyl (C=O) groups is 1. The van der Waals surface area contributed by atoms with Crippen molar-refractivity contribution in [1.82, 2.24) is 15.1 Å². The molecule has 0 aromatic heterocycles. The summed E-state index contributed by atoms with van der Waals surface area (Å²) in [5.74, 6) is 0.789. The number of halogens is 1. The van der Waals surface area contributed by atoms with E-state index in [1.54, 1.807) is 0 Å². The van der Waals surface area contributed by atoms with Crippen LogP contribution in [0, 0.1) is 5.92 Å². The molecule has 1 amide bonds. The van der Waals surface area contributed by atoms with Crippen molar-refractivity contribution in [1.29, 1.82) is 0 Å². The van der Waals surface area contributed by atoms with E-state index in [9.17, 15) is 4.79 Å². The van der Waals surface area contributed by atoms with Gasteiger partial charge in [0, 0.05) is 39.3 Å². The molecule has 0 bridgehead atoms. The minimum absolute atomic E-state index is 0. The third-order valence-electron chi connectivity index (χ3n) is 4.62. The molecule has 2 fully saturated rings. The van der Waals surface area contributed by atoms with E-state index in [-0.39, 0.29) is 18.4 Å². The van der Waals surface area contributed by atoms with Crippen molar-refractivity contribution in [3.63, 3.8) is 0 Å². The maximum Gasteiger partial charge on any atom is 0.240 e. The number of nitrogens with zero attached hydrogens (tertiary/aromatic N) is 2. The number of nitrogens with one attached hydrogen (secondary N) is 1. The van der Waals surface area contributed by atoms with E-state index >= 15 is 0 Å². The van der Waals surface area contributed by atoms with Gasteiger partial charge in [-0.3, -0.25) is 9.69 Å². The maximum atomic E-state index is 13.0. The Morgan fingerprint density at radius 2 is 1.67 bits per heavy atom. The number of hydrogen-bond acceptors (Lipinski definition) is 4. The Kier molecular flexibility index (Phi) is 8.56. The van der Waals surface area contributed by atoms with Crippen molar-refractivity contribution in [2.45, 2.75) is 32.7 Å². The van der Waals surface area contributed by atoms with Crippen molar-refractivity contribution in [3.05, 3.63) is 0 Å². The van der Waals surface area contributed by atoms with E-state index < -0.39 is 0 Å². The summed E-state index contributed by atoms with van der Waals surface area (Å²) in [6.45, 7) is 11.2. The average Bonchev–Trinajstić information content (AvgIpc) is 2.53. The van der Waals surface area contributed by atoms with Gasteiger partial charge in [-0.25, -0.2) is 0 Å². The predicted octanol–water partition coefficient (Wildman–Crippen LogP) is 0.977. The third kappa shape index (κ3) is 4.81. The zero-order valence-electron chi connectivity index (χ0n) is 13.3. The lowest BCUT2D eigenvalue weighted by Crippen LogP contribution is -2.58. The van der Waals surface area contributed by atoms with Crippen molar-refractivity contribution in [2.75, 3.05) is 52.5 Å². The van der Waals surface area contributed by atoms with Gasteiger partial charge in [-0.05, 0) is 5.92 Å². The van der Waals surface area contributed by atoms with Crippen molar-refractivity contribution in [3.8, 4) is 0 Å². The second-order valence-electron chi connectivity index (χ2n) is 5.75. The van der Waals surface area contributed by atoms with Gasteiger partial charge in [0.1, 0.15) is 0 Å². The van der Waals surface area contributed by atoms with Crippen LogP contribution in [-0.4, -0.2) is 74.2 Å². The minimum Gasteiger partial charge on any atom is -0.379 e. The van der Waals surface area contributed by atoms with E-state index in [0.717, 1.165) is 65.3 Å². The Morgan fingerprint density at radius 1 is 1.10 bits per heavy atom. The van der Waals surface area contributed by atoms with Crippen LogP contribution in [0.15, 0.2) is 0 Å².